The van der Waals surface area contributed by atoms with E-state index < -0.39 is 48.3 Å². The van der Waals surface area contributed by atoms with Gasteiger partial charge in [0.05, 0.1) is 0 Å². The molecule has 2 atom stereocenters. The van der Waals surface area contributed by atoms with Gasteiger partial charge in [0, 0.05) is 12.1 Å². The van der Waals surface area contributed by atoms with Gasteiger partial charge in [-0.2, -0.15) is 0 Å². The van der Waals surface area contributed by atoms with Gasteiger partial charge in [0.2, 0.25) is 0 Å². The lowest BCUT2D eigenvalue weighted by molar-refractivity contribution is -0.274. The zero-order valence-electron chi connectivity index (χ0n) is 14.4. The van der Waals surface area contributed by atoms with Gasteiger partial charge < -0.3 is 30.1 Å². The van der Waals surface area contributed by atoms with Crippen LogP contribution in [0.1, 0.15) is 17.2 Å². The van der Waals surface area contributed by atoms with Gasteiger partial charge >= 0.3 is 12.5 Å². The van der Waals surface area contributed by atoms with Crippen LogP contribution in [0, 0.1) is 0 Å². The number of carbonyl (C=O) groups excluding carboxylic acids is 1. The van der Waals surface area contributed by atoms with Gasteiger partial charge in [-0.25, -0.2) is 4.79 Å². The predicted octanol–water partition coefficient (Wildman–Crippen LogP) is 2.61. The van der Waals surface area contributed by atoms with Crippen molar-refractivity contribution in [1.29, 1.82) is 0 Å². The summed E-state index contributed by atoms with van der Waals surface area (Å²) in [6, 6.07) is 11.3. The standard InChI is InChI=1S/C18H18F3NO6/c19-18(20,21)28-12-6-7-14(23)13(8-12)16(25)15(24)9-22-17(26)27-10-11-4-2-1-3-5-11/h1-8,15-16,23-25H,9-10H2,(H,22,26). The minimum atomic E-state index is -4.96. The zero-order valence-corrected chi connectivity index (χ0v) is 14.4. The number of ether oxygens (including phenoxy) is 2. The average molecular weight is 401 g/mol. The Morgan fingerprint density at radius 1 is 1.11 bits per heavy atom. The molecule has 0 saturated carbocycles. The van der Waals surface area contributed by atoms with Crippen molar-refractivity contribution in [3.8, 4) is 11.5 Å². The molecule has 2 unspecified atom stereocenters. The first-order valence-corrected chi connectivity index (χ1v) is 8.05. The molecule has 2 aromatic rings. The Kier molecular flexibility index (Phi) is 7.07. The molecule has 152 valence electrons. The van der Waals surface area contributed by atoms with Gasteiger partial charge in [0.1, 0.15) is 30.3 Å². The molecule has 0 bridgehead atoms. The van der Waals surface area contributed by atoms with Crippen LogP contribution < -0.4 is 10.1 Å². The van der Waals surface area contributed by atoms with Crippen LogP contribution in [0.3, 0.4) is 0 Å². The molecular formula is C18H18F3NO6. The number of amides is 1. The molecule has 2 rings (SSSR count). The van der Waals surface area contributed by atoms with Crippen LogP contribution in [0.2, 0.25) is 0 Å². The smallest absolute Gasteiger partial charge is 0.508 e. The number of aliphatic hydroxyl groups is 2. The van der Waals surface area contributed by atoms with Crippen LogP contribution >= 0.6 is 0 Å². The number of phenols is 1. The Hall–Kier alpha value is -2.98. The molecule has 0 radical (unpaired) electrons. The maximum Gasteiger partial charge on any atom is 0.573 e. The highest BCUT2D eigenvalue weighted by Gasteiger charge is 2.32. The van der Waals surface area contributed by atoms with Gasteiger partial charge in [-0.05, 0) is 23.8 Å². The molecule has 0 saturated heterocycles. The van der Waals surface area contributed by atoms with Gasteiger partial charge in [-0.15, -0.1) is 13.2 Å². The largest absolute Gasteiger partial charge is 0.573 e. The number of alkyl halides is 3. The number of halogens is 3. The number of rotatable bonds is 7. The molecule has 7 nitrogen and oxygen atoms in total. The summed E-state index contributed by atoms with van der Waals surface area (Å²) >= 11 is 0. The Bertz CT molecular complexity index is 785. The predicted molar refractivity (Wildman–Crippen MR) is 90.4 cm³/mol. The van der Waals surface area contributed by atoms with Crippen molar-refractivity contribution >= 4 is 6.09 Å². The first-order chi connectivity index (χ1) is 13.2. The number of phenolic OH excluding ortho intramolecular Hbond substituents is 1. The number of hydrogen-bond donors (Lipinski definition) is 4. The second-order valence-electron chi connectivity index (χ2n) is 5.72. The monoisotopic (exact) mass is 401 g/mol. The first-order valence-electron chi connectivity index (χ1n) is 8.05. The van der Waals surface area contributed by atoms with E-state index in [9.17, 15) is 33.3 Å². The van der Waals surface area contributed by atoms with Crippen LogP contribution in [-0.2, 0) is 11.3 Å². The normalized spacial score (nSPS) is 13.5. The molecule has 0 heterocycles. The van der Waals surface area contributed by atoms with Crippen LogP contribution in [0.25, 0.3) is 0 Å². The quantitative estimate of drug-likeness (QED) is 0.568. The highest BCUT2D eigenvalue weighted by Crippen LogP contribution is 2.32. The third-order valence-electron chi connectivity index (χ3n) is 3.58. The molecule has 0 aromatic heterocycles. The summed E-state index contributed by atoms with van der Waals surface area (Å²) in [6.07, 6.45) is -9.24. The van der Waals surface area contributed by atoms with E-state index in [0.29, 0.717) is 0 Å². The van der Waals surface area contributed by atoms with Gasteiger partial charge in [-0.3, -0.25) is 0 Å². The summed E-state index contributed by atoms with van der Waals surface area (Å²) < 4.78 is 45.5. The number of aliphatic hydroxyl groups excluding tert-OH is 2. The van der Waals surface area contributed by atoms with Crippen LogP contribution in [-0.4, -0.2) is 40.4 Å². The SMILES string of the molecule is O=C(NCC(O)C(O)c1cc(OC(F)(F)F)ccc1O)OCc1ccccc1. The number of nitrogens with one attached hydrogen (secondary N) is 1. The minimum Gasteiger partial charge on any atom is -0.508 e. The van der Waals surface area contributed by atoms with Crippen molar-refractivity contribution in [3.63, 3.8) is 0 Å². The van der Waals surface area contributed by atoms with Crippen molar-refractivity contribution in [2.24, 2.45) is 0 Å². The van der Waals surface area contributed by atoms with Crippen molar-refractivity contribution in [2.75, 3.05) is 6.54 Å². The van der Waals surface area contributed by atoms with E-state index in [1.807, 2.05) is 0 Å². The minimum absolute atomic E-state index is 0.0110. The second-order valence-corrected chi connectivity index (χ2v) is 5.72. The van der Waals surface area contributed by atoms with E-state index in [1.54, 1.807) is 30.3 Å². The van der Waals surface area contributed by atoms with Crippen molar-refractivity contribution in [1.82, 2.24) is 5.32 Å². The summed E-state index contributed by atoms with van der Waals surface area (Å²) in [4.78, 5) is 11.6. The molecular weight excluding hydrogens is 383 g/mol. The fourth-order valence-electron chi connectivity index (χ4n) is 2.25. The number of alkyl carbamates (subject to hydrolysis) is 1. The van der Waals surface area contributed by atoms with E-state index >= 15 is 0 Å². The molecule has 0 aliphatic carbocycles. The Labute approximate surface area is 157 Å². The Balaban J connectivity index is 1.90. The number of carbonyl (C=O) groups is 1. The molecule has 10 heteroatoms. The zero-order chi connectivity index (χ0) is 20.7. The number of benzene rings is 2. The van der Waals surface area contributed by atoms with Crippen LogP contribution in [0.15, 0.2) is 48.5 Å². The summed E-state index contributed by atoms with van der Waals surface area (Å²) in [7, 11) is 0. The van der Waals surface area contributed by atoms with E-state index in [0.717, 1.165) is 23.8 Å². The Morgan fingerprint density at radius 2 is 1.79 bits per heavy atom. The fourth-order valence-corrected chi connectivity index (χ4v) is 2.25. The molecule has 2 aromatic carbocycles. The molecule has 0 fully saturated rings. The van der Waals surface area contributed by atoms with E-state index in [4.69, 9.17) is 4.74 Å². The average Bonchev–Trinajstić information content (AvgIpc) is 2.65. The van der Waals surface area contributed by atoms with Gasteiger partial charge in [0.15, 0.2) is 0 Å². The third-order valence-corrected chi connectivity index (χ3v) is 3.58. The Morgan fingerprint density at radius 3 is 2.43 bits per heavy atom. The van der Waals surface area contributed by atoms with Crippen molar-refractivity contribution in [2.45, 2.75) is 25.2 Å². The fraction of sp³-hybridized carbons (Fsp3) is 0.278. The lowest BCUT2D eigenvalue weighted by Gasteiger charge is -2.20. The summed E-state index contributed by atoms with van der Waals surface area (Å²) in [5.41, 5.74) is 0.346. The van der Waals surface area contributed by atoms with Crippen molar-refractivity contribution in [3.05, 3.63) is 59.7 Å². The summed E-state index contributed by atoms with van der Waals surface area (Å²) in [5.74, 6) is -1.23. The van der Waals surface area contributed by atoms with E-state index in [-0.39, 0.29) is 6.61 Å². The molecule has 28 heavy (non-hydrogen) atoms. The molecule has 0 aliphatic rings. The maximum atomic E-state index is 12.3. The van der Waals surface area contributed by atoms with Crippen LogP contribution in [0.4, 0.5) is 18.0 Å². The number of aromatic hydroxyl groups is 1. The van der Waals surface area contributed by atoms with E-state index in [1.165, 1.54) is 0 Å². The highest BCUT2D eigenvalue weighted by molar-refractivity contribution is 5.67. The molecule has 0 spiro atoms. The summed E-state index contributed by atoms with van der Waals surface area (Å²) in [5, 5.41) is 32.0. The number of hydrogen-bond acceptors (Lipinski definition) is 6. The first kappa shape index (κ1) is 21.3. The van der Waals surface area contributed by atoms with Gasteiger partial charge in [-0.1, -0.05) is 30.3 Å². The molecule has 1 amide bonds. The third kappa shape index (κ3) is 6.63. The second kappa shape index (κ2) is 9.29. The van der Waals surface area contributed by atoms with Gasteiger partial charge in [0.25, 0.3) is 0 Å². The lowest BCUT2D eigenvalue weighted by atomic mass is 10.0. The van der Waals surface area contributed by atoms with Crippen molar-refractivity contribution < 1.29 is 42.8 Å². The molecule has 0 aliphatic heterocycles. The lowest BCUT2D eigenvalue weighted by Crippen LogP contribution is -2.35. The summed E-state index contributed by atoms with van der Waals surface area (Å²) in [6.45, 7) is -0.485. The van der Waals surface area contributed by atoms with Crippen LogP contribution in [0.5, 0.6) is 11.5 Å². The molecule has 4 N–H and O–H groups in total. The maximum absolute atomic E-state index is 12.3. The topological polar surface area (TPSA) is 108 Å². The highest BCUT2D eigenvalue weighted by atomic mass is 19.4. The van der Waals surface area contributed by atoms with E-state index in [2.05, 4.69) is 10.1 Å².